The molecule has 2 nitrogen and oxygen atoms in total. The lowest BCUT2D eigenvalue weighted by Crippen LogP contribution is -2.36. The van der Waals surface area contributed by atoms with Crippen LogP contribution in [0.15, 0.2) is 0 Å². The molecule has 7 heavy (non-hydrogen) atoms. The number of ether oxygens (including phenoxy) is 1. The lowest BCUT2D eigenvalue weighted by Gasteiger charge is -2.11. The van der Waals surface area contributed by atoms with Crippen molar-refractivity contribution in [2.75, 3.05) is 13.2 Å². The Balaban J connectivity index is 2.40. The Morgan fingerprint density at radius 2 is 2.43 bits per heavy atom. The van der Waals surface area contributed by atoms with Crippen molar-refractivity contribution in [3.05, 3.63) is 6.92 Å². The summed E-state index contributed by atoms with van der Waals surface area (Å²) in [4.78, 5) is 0. The molecule has 1 saturated heterocycles. The van der Waals surface area contributed by atoms with E-state index in [1.165, 1.54) is 0 Å². The van der Waals surface area contributed by atoms with Gasteiger partial charge in [-0.25, -0.2) is 0 Å². The number of hydrogen-bond acceptors (Lipinski definition) is 2. The van der Waals surface area contributed by atoms with E-state index < -0.39 is 0 Å². The normalized spacial score (nSPS) is 42.0. The van der Waals surface area contributed by atoms with E-state index in [0.29, 0.717) is 6.61 Å². The van der Waals surface area contributed by atoms with Crippen molar-refractivity contribution in [1.82, 2.24) is 0 Å². The predicted molar refractivity (Wildman–Crippen MR) is 27.7 cm³/mol. The Kier molecular flexibility index (Phi) is 1.05. The molecule has 0 saturated carbocycles. The van der Waals surface area contributed by atoms with Gasteiger partial charge in [-0.2, -0.15) is 0 Å². The molecule has 1 radical (unpaired) electrons. The zero-order chi connectivity index (χ0) is 5.33. The fraction of sp³-hybridized carbons (Fsp3) is 0.800. The minimum absolute atomic E-state index is 0.278. The lowest BCUT2D eigenvalue weighted by molar-refractivity contribution is 0.186. The summed E-state index contributed by atoms with van der Waals surface area (Å²) in [7, 11) is 0. The summed E-state index contributed by atoms with van der Waals surface area (Å²) < 4.78 is 4.97. The van der Waals surface area contributed by atoms with E-state index in [1.54, 1.807) is 0 Å². The molecule has 1 atom stereocenters. The SMILES string of the molecule is [CH2]C1(N)CCOC1. The summed E-state index contributed by atoms with van der Waals surface area (Å²) in [6.45, 7) is 5.12. The van der Waals surface area contributed by atoms with E-state index in [2.05, 4.69) is 6.92 Å². The van der Waals surface area contributed by atoms with Gasteiger partial charge < -0.3 is 10.5 Å². The second-order valence-corrected chi connectivity index (χ2v) is 2.16. The first-order valence-electron chi connectivity index (χ1n) is 2.43. The quantitative estimate of drug-likeness (QED) is 0.462. The minimum atomic E-state index is -0.278. The maximum Gasteiger partial charge on any atom is 0.0647 e. The highest BCUT2D eigenvalue weighted by molar-refractivity contribution is 4.89. The van der Waals surface area contributed by atoms with Gasteiger partial charge in [0.15, 0.2) is 0 Å². The molecule has 1 aliphatic heterocycles. The Bertz CT molecular complexity index is 62.5. The second kappa shape index (κ2) is 1.46. The van der Waals surface area contributed by atoms with Crippen LogP contribution in [0, 0.1) is 6.92 Å². The second-order valence-electron chi connectivity index (χ2n) is 2.16. The standard InChI is InChI=1S/C5H10NO/c1-5(6)2-3-7-4-5/h1-4,6H2. The van der Waals surface area contributed by atoms with E-state index in [4.69, 9.17) is 10.5 Å². The lowest BCUT2D eigenvalue weighted by atomic mass is 10.0. The van der Waals surface area contributed by atoms with Gasteiger partial charge in [0.1, 0.15) is 0 Å². The van der Waals surface area contributed by atoms with Crippen LogP contribution in [0.5, 0.6) is 0 Å². The maximum atomic E-state index is 5.54. The summed E-state index contributed by atoms with van der Waals surface area (Å²) in [5.41, 5.74) is 5.26. The zero-order valence-electron chi connectivity index (χ0n) is 4.31. The van der Waals surface area contributed by atoms with Crippen molar-refractivity contribution in [1.29, 1.82) is 0 Å². The molecule has 41 valence electrons. The number of hydrogen-bond donors (Lipinski definition) is 1. The van der Waals surface area contributed by atoms with Gasteiger partial charge in [0.2, 0.25) is 0 Å². The number of rotatable bonds is 0. The third-order valence-corrected chi connectivity index (χ3v) is 1.13. The first-order chi connectivity index (χ1) is 3.21. The third-order valence-electron chi connectivity index (χ3n) is 1.13. The van der Waals surface area contributed by atoms with Gasteiger partial charge in [-0.3, -0.25) is 0 Å². The molecule has 1 heterocycles. The molecule has 2 heteroatoms. The van der Waals surface area contributed by atoms with Crippen LogP contribution in [0.25, 0.3) is 0 Å². The summed E-state index contributed by atoms with van der Waals surface area (Å²) in [5.74, 6) is 0. The van der Waals surface area contributed by atoms with E-state index in [-0.39, 0.29) is 5.54 Å². The highest BCUT2D eigenvalue weighted by Crippen LogP contribution is 2.12. The molecule has 0 amide bonds. The monoisotopic (exact) mass is 100 g/mol. The molecule has 1 rings (SSSR count). The van der Waals surface area contributed by atoms with Crippen LogP contribution in [0.1, 0.15) is 6.42 Å². The molecule has 0 aromatic carbocycles. The van der Waals surface area contributed by atoms with Gasteiger partial charge in [-0.1, -0.05) is 0 Å². The molecule has 0 aromatic rings. The van der Waals surface area contributed by atoms with Crippen LogP contribution in [-0.4, -0.2) is 18.8 Å². The molecule has 0 aromatic heterocycles. The van der Waals surface area contributed by atoms with Gasteiger partial charge in [-0.15, -0.1) is 0 Å². The topological polar surface area (TPSA) is 35.2 Å². The van der Waals surface area contributed by atoms with Crippen LogP contribution >= 0.6 is 0 Å². The molecule has 1 aliphatic rings. The smallest absolute Gasteiger partial charge is 0.0647 e. The van der Waals surface area contributed by atoms with Crippen LogP contribution in [0.2, 0.25) is 0 Å². The first kappa shape index (κ1) is 5.06. The average Bonchev–Trinajstić information content (AvgIpc) is 1.84. The summed E-state index contributed by atoms with van der Waals surface area (Å²) >= 11 is 0. The molecule has 1 unspecified atom stereocenters. The first-order valence-corrected chi connectivity index (χ1v) is 2.43. The highest BCUT2D eigenvalue weighted by Gasteiger charge is 2.23. The fourth-order valence-corrected chi connectivity index (χ4v) is 0.623. The largest absolute Gasteiger partial charge is 0.379 e. The van der Waals surface area contributed by atoms with E-state index in [0.717, 1.165) is 13.0 Å². The van der Waals surface area contributed by atoms with Gasteiger partial charge in [0, 0.05) is 12.1 Å². The van der Waals surface area contributed by atoms with Crippen LogP contribution < -0.4 is 5.73 Å². The van der Waals surface area contributed by atoms with Crippen LogP contribution in [0.3, 0.4) is 0 Å². The van der Waals surface area contributed by atoms with E-state index in [1.807, 2.05) is 0 Å². The fourth-order valence-electron chi connectivity index (χ4n) is 0.623. The highest BCUT2D eigenvalue weighted by atomic mass is 16.5. The molecule has 2 N–H and O–H groups in total. The molecule has 0 spiro atoms. The van der Waals surface area contributed by atoms with Gasteiger partial charge in [0.05, 0.1) is 6.61 Å². The minimum Gasteiger partial charge on any atom is -0.379 e. The van der Waals surface area contributed by atoms with E-state index in [9.17, 15) is 0 Å². The molecule has 1 fully saturated rings. The molecule has 0 bridgehead atoms. The van der Waals surface area contributed by atoms with Crippen LogP contribution in [-0.2, 0) is 4.74 Å². The van der Waals surface area contributed by atoms with Crippen molar-refractivity contribution in [3.63, 3.8) is 0 Å². The zero-order valence-corrected chi connectivity index (χ0v) is 4.31. The van der Waals surface area contributed by atoms with Crippen molar-refractivity contribution in [3.8, 4) is 0 Å². The summed E-state index contributed by atoms with van der Waals surface area (Å²) in [5, 5.41) is 0. The van der Waals surface area contributed by atoms with Gasteiger partial charge in [0.25, 0.3) is 0 Å². The van der Waals surface area contributed by atoms with Gasteiger partial charge >= 0.3 is 0 Å². The molecule has 0 aliphatic carbocycles. The van der Waals surface area contributed by atoms with Crippen molar-refractivity contribution in [2.24, 2.45) is 5.73 Å². The summed E-state index contributed by atoms with van der Waals surface area (Å²) in [6, 6.07) is 0. The van der Waals surface area contributed by atoms with Crippen molar-refractivity contribution >= 4 is 0 Å². The number of nitrogens with two attached hydrogens (primary N) is 1. The third kappa shape index (κ3) is 1.14. The van der Waals surface area contributed by atoms with E-state index >= 15 is 0 Å². The Hall–Kier alpha value is -0.0800. The van der Waals surface area contributed by atoms with Crippen LogP contribution in [0.4, 0.5) is 0 Å². The summed E-state index contributed by atoms with van der Waals surface area (Å²) in [6.07, 6.45) is 0.896. The maximum absolute atomic E-state index is 5.54. The van der Waals surface area contributed by atoms with Crippen molar-refractivity contribution < 1.29 is 4.74 Å². The average molecular weight is 100 g/mol. The Morgan fingerprint density at radius 3 is 2.57 bits per heavy atom. The van der Waals surface area contributed by atoms with Crippen molar-refractivity contribution in [2.45, 2.75) is 12.0 Å². The predicted octanol–water partition coefficient (Wildman–Crippen LogP) is -0.0617. The Labute approximate surface area is 43.6 Å². The van der Waals surface area contributed by atoms with Gasteiger partial charge in [-0.05, 0) is 13.3 Å². The Morgan fingerprint density at radius 1 is 1.71 bits per heavy atom. The molecular weight excluding hydrogens is 90.1 g/mol. The molecular formula is C5H10NO.